The van der Waals surface area contributed by atoms with Gasteiger partial charge < -0.3 is 10.2 Å². The lowest BCUT2D eigenvalue weighted by atomic mass is 9.93. The highest BCUT2D eigenvalue weighted by Crippen LogP contribution is 2.32. The molecule has 1 aliphatic heterocycles. The smallest absolute Gasteiger partial charge is 0.228 e. The Balaban J connectivity index is 1.77. The minimum absolute atomic E-state index is 0.126. The molecular weight excluding hydrogens is 410 g/mol. The van der Waals surface area contributed by atoms with E-state index in [9.17, 15) is 4.79 Å². The van der Waals surface area contributed by atoms with Gasteiger partial charge in [-0.15, -0.1) is 0 Å². The number of carbonyl (C=O) groups is 1. The van der Waals surface area contributed by atoms with E-state index in [2.05, 4.69) is 10.3 Å². The van der Waals surface area contributed by atoms with Crippen molar-refractivity contribution in [3.63, 3.8) is 0 Å². The first-order valence-corrected chi connectivity index (χ1v) is 10.7. The first-order valence-electron chi connectivity index (χ1n) is 10.3. The SMILES string of the molecule is Cc1ccc(Nc2nc(-c3ccncc3)nc3c2CN(C(=O)C(C)(C)C)CC3)cc1Cl. The van der Waals surface area contributed by atoms with Gasteiger partial charge in [-0.2, -0.15) is 0 Å². The molecule has 160 valence electrons. The highest BCUT2D eigenvalue weighted by atomic mass is 35.5. The quantitative estimate of drug-likeness (QED) is 0.614. The lowest BCUT2D eigenvalue weighted by Crippen LogP contribution is -2.42. The van der Waals surface area contributed by atoms with E-state index in [-0.39, 0.29) is 5.91 Å². The van der Waals surface area contributed by atoms with Crippen LogP contribution in [0.4, 0.5) is 11.5 Å². The van der Waals surface area contributed by atoms with Gasteiger partial charge in [-0.25, -0.2) is 9.97 Å². The highest BCUT2D eigenvalue weighted by molar-refractivity contribution is 6.31. The zero-order valence-electron chi connectivity index (χ0n) is 18.2. The van der Waals surface area contributed by atoms with Crippen molar-refractivity contribution in [1.82, 2.24) is 19.9 Å². The maximum Gasteiger partial charge on any atom is 0.228 e. The minimum atomic E-state index is -0.437. The molecule has 1 aliphatic rings. The molecule has 2 aromatic heterocycles. The van der Waals surface area contributed by atoms with Gasteiger partial charge in [-0.05, 0) is 36.8 Å². The molecule has 0 radical (unpaired) electrons. The molecular formula is C24H26ClN5O. The topological polar surface area (TPSA) is 71.0 Å². The number of hydrogen-bond acceptors (Lipinski definition) is 5. The highest BCUT2D eigenvalue weighted by Gasteiger charge is 2.31. The summed E-state index contributed by atoms with van der Waals surface area (Å²) in [5.41, 5.74) is 4.22. The van der Waals surface area contributed by atoms with Crippen LogP contribution in [0.3, 0.4) is 0 Å². The van der Waals surface area contributed by atoms with E-state index in [1.165, 1.54) is 0 Å². The Morgan fingerprint density at radius 1 is 1.13 bits per heavy atom. The van der Waals surface area contributed by atoms with Crippen molar-refractivity contribution < 1.29 is 4.79 Å². The van der Waals surface area contributed by atoms with Gasteiger partial charge in [0.1, 0.15) is 5.82 Å². The number of nitrogens with zero attached hydrogens (tertiary/aromatic N) is 4. The van der Waals surface area contributed by atoms with E-state index in [1.807, 2.05) is 62.9 Å². The number of aryl methyl sites for hydroxylation is 1. The molecule has 7 heteroatoms. The van der Waals surface area contributed by atoms with Crippen molar-refractivity contribution in [2.45, 2.75) is 40.7 Å². The Hall–Kier alpha value is -2.99. The normalized spacial score (nSPS) is 13.6. The molecule has 0 unspecified atom stereocenters. The number of amides is 1. The van der Waals surface area contributed by atoms with Crippen LogP contribution in [0.1, 0.15) is 37.6 Å². The van der Waals surface area contributed by atoms with Crippen LogP contribution in [0, 0.1) is 12.3 Å². The molecule has 3 heterocycles. The predicted molar refractivity (Wildman–Crippen MR) is 123 cm³/mol. The van der Waals surface area contributed by atoms with E-state index in [1.54, 1.807) is 12.4 Å². The molecule has 4 rings (SSSR count). The average molecular weight is 436 g/mol. The monoisotopic (exact) mass is 435 g/mol. The second-order valence-electron chi connectivity index (χ2n) is 8.87. The minimum Gasteiger partial charge on any atom is -0.340 e. The Morgan fingerprint density at radius 3 is 2.55 bits per heavy atom. The van der Waals surface area contributed by atoms with E-state index in [0.29, 0.717) is 36.2 Å². The van der Waals surface area contributed by atoms with Crippen LogP contribution >= 0.6 is 11.6 Å². The van der Waals surface area contributed by atoms with Crippen molar-refractivity contribution in [3.8, 4) is 11.4 Å². The second kappa shape index (κ2) is 8.27. The number of rotatable bonds is 3. The van der Waals surface area contributed by atoms with Gasteiger partial charge in [0, 0.05) is 52.6 Å². The van der Waals surface area contributed by atoms with E-state index < -0.39 is 5.41 Å². The van der Waals surface area contributed by atoms with Crippen molar-refractivity contribution in [1.29, 1.82) is 0 Å². The number of pyridine rings is 1. The first kappa shape index (κ1) is 21.2. The summed E-state index contributed by atoms with van der Waals surface area (Å²) in [4.78, 5) is 28.6. The Morgan fingerprint density at radius 2 is 1.87 bits per heavy atom. The number of anilines is 2. The fourth-order valence-corrected chi connectivity index (χ4v) is 3.78. The van der Waals surface area contributed by atoms with Gasteiger partial charge in [0.05, 0.1) is 12.2 Å². The van der Waals surface area contributed by atoms with Crippen LogP contribution in [-0.2, 0) is 17.8 Å². The zero-order chi connectivity index (χ0) is 22.2. The lowest BCUT2D eigenvalue weighted by molar-refractivity contribution is -0.140. The van der Waals surface area contributed by atoms with Gasteiger partial charge in [0.15, 0.2) is 5.82 Å². The summed E-state index contributed by atoms with van der Waals surface area (Å²) in [5, 5.41) is 4.11. The van der Waals surface area contributed by atoms with Crippen molar-refractivity contribution in [2.24, 2.45) is 5.41 Å². The molecule has 0 saturated heterocycles. The molecule has 31 heavy (non-hydrogen) atoms. The number of hydrogen-bond donors (Lipinski definition) is 1. The van der Waals surface area contributed by atoms with Gasteiger partial charge in [-0.1, -0.05) is 38.4 Å². The summed E-state index contributed by atoms with van der Waals surface area (Å²) < 4.78 is 0. The summed E-state index contributed by atoms with van der Waals surface area (Å²) in [6, 6.07) is 9.62. The fraction of sp³-hybridized carbons (Fsp3) is 0.333. The Kier molecular flexibility index (Phi) is 5.67. The molecule has 0 aliphatic carbocycles. The molecule has 1 aromatic carbocycles. The third-order valence-electron chi connectivity index (χ3n) is 5.36. The number of halogens is 1. The van der Waals surface area contributed by atoms with Gasteiger partial charge in [0.25, 0.3) is 0 Å². The number of fused-ring (bicyclic) bond motifs is 1. The van der Waals surface area contributed by atoms with E-state index in [4.69, 9.17) is 21.6 Å². The van der Waals surface area contributed by atoms with Crippen LogP contribution in [0.2, 0.25) is 5.02 Å². The summed E-state index contributed by atoms with van der Waals surface area (Å²) in [6.45, 7) is 8.93. The summed E-state index contributed by atoms with van der Waals surface area (Å²) >= 11 is 6.33. The first-order chi connectivity index (χ1) is 14.7. The van der Waals surface area contributed by atoms with Gasteiger partial charge >= 0.3 is 0 Å². The number of nitrogens with one attached hydrogen (secondary N) is 1. The van der Waals surface area contributed by atoms with Crippen LogP contribution in [0.15, 0.2) is 42.7 Å². The number of carbonyl (C=O) groups excluding carboxylic acids is 1. The lowest BCUT2D eigenvalue weighted by Gasteiger charge is -2.34. The predicted octanol–water partition coefficient (Wildman–Crippen LogP) is 5.17. The van der Waals surface area contributed by atoms with Crippen molar-refractivity contribution in [3.05, 3.63) is 64.6 Å². The largest absolute Gasteiger partial charge is 0.340 e. The van der Waals surface area contributed by atoms with Crippen LogP contribution in [0.25, 0.3) is 11.4 Å². The Labute approximate surface area is 187 Å². The third kappa shape index (κ3) is 4.54. The molecule has 0 spiro atoms. The molecule has 0 bridgehead atoms. The molecule has 1 N–H and O–H groups in total. The van der Waals surface area contributed by atoms with Crippen LogP contribution in [-0.4, -0.2) is 32.3 Å². The molecule has 0 atom stereocenters. The van der Waals surface area contributed by atoms with E-state index >= 15 is 0 Å². The number of aromatic nitrogens is 3. The van der Waals surface area contributed by atoms with Crippen molar-refractivity contribution >= 4 is 29.0 Å². The maximum atomic E-state index is 12.9. The standard InChI is InChI=1S/C24H26ClN5O/c1-15-5-6-17(13-19(15)25)27-22-18-14-30(23(31)24(2,3)4)12-9-20(18)28-21(29-22)16-7-10-26-11-8-16/h5-8,10-11,13H,9,12,14H2,1-4H3,(H,27,28,29). The summed E-state index contributed by atoms with van der Waals surface area (Å²) in [5.74, 6) is 1.46. The second-order valence-corrected chi connectivity index (χ2v) is 9.28. The molecule has 6 nitrogen and oxygen atoms in total. The molecule has 3 aromatic rings. The zero-order valence-corrected chi connectivity index (χ0v) is 19.0. The maximum absolute atomic E-state index is 12.9. The molecule has 0 fully saturated rings. The summed E-state index contributed by atoms with van der Waals surface area (Å²) in [7, 11) is 0. The van der Waals surface area contributed by atoms with Crippen LogP contribution in [0.5, 0.6) is 0 Å². The van der Waals surface area contributed by atoms with Gasteiger partial charge in [-0.3, -0.25) is 9.78 Å². The third-order valence-corrected chi connectivity index (χ3v) is 5.77. The molecule has 0 saturated carbocycles. The summed E-state index contributed by atoms with van der Waals surface area (Å²) in [6.07, 6.45) is 4.14. The van der Waals surface area contributed by atoms with Crippen LogP contribution < -0.4 is 5.32 Å². The average Bonchev–Trinajstić information content (AvgIpc) is 2.75. The van der Waals surface area contributed by atoms with E-state index in [0.717, 1.165) is 28.1 Å². The fourth-order valence-electron chi connectivity index (χ4n) is 3.60. The molecule has 1 amide bonds. The Bertz CT molecular complexity index is 1120. The number of benzene rings is 1. The van der Waals surface area contributed by atoms with Crippen molar-refractivity contribution in [2.75, 3.05) is 11.9 Å². The van der Waals surface area contributed by atoms with Gasteiger partial charge in [0.2, 0.25) is 5.91 Å².